The van der Waals surface area contributed by atoms with Crippen molar-refractivity contribution in [2.75, 3.05) is 5.32 Å². The molecule has 2 aliphatic carbocycles. The number of aromatic nitrogens is 1. The van der Waals surface area contributed by atoms with E-state index in [-0.39, 0.29) is 5.91 Å². The van der Waals surface area contributed by atoms with Crippen LogP contribution in [0, 0.1) is 5.92 Å². The molecule has 0 spiro atoms. The zero-order valence-electron chi connectivity index (χ0n) is 9.90. The van der Waals surface area contributed by atoms with Gasteiger partial charge in [0.2, 0.25) is 5.91 Å². The van der Waals surface area contributed by atoms with Crippen LogP contribution in [0.1, 0.15) is 44.2 Å². The number of hydrogen-bond donors (Lipinski definition) is 2. The monoisotopic (exact) mass is 251 g/mol. The number of carbonyl (C=O) groups excluding carboxylic acids is 1. The molecule has 1 heterocycles. The summed E-state index contributed by atoms with van der Waals surface area (Å²) in [4.78, 5) is 16.5. The summed E-state index contributed by atoms with van der Waals surface area (Å²) in [6.07, 6.45) is 4.58. The number of nitrogens with zero attached hydrogens (tertiary/aromatic N) is 1. The Bertz CT molecular complexity index is 446. The van der Waals surface area contributed by atoms with Crippen LogP contribution in [0.5, 0.6) is 0 Å². The molecule has 2 saturated carbocycles. The fourth-order valence-corrected chi connectivity index (χ4v) is 2.80. The molecule has 1 aromatic heterocycles. The van der Waals surface area contributed by atoms with Gasteiger partial charge in [0.05, 0.1) is 11.2 Å². The van der Waals surface area contributed by atoms with Gasteiger partial charge in [-0.3, -0.25) is 4.79 Å². The van der Waals surface area contributed by atoms with Crippen LogP contribution >= 0.6 is 11.3 Å². The van der Waals surface area contributed by atoms with Crippen molar-refractivity contribution < 1.29 is 4.79 Å². The van der Waals surface area contributed by atoms with Crippen molar-refractivity contribution in [2.24, 2.45) is 11.7 Å². The van der Waals surface area contributed by atoms with E-state index in [0.29, 0.717) is 17.0 Å². The molecule has 1 amide bonds. The van der Waals surface area contributed by atoms with E-state index in [1.54, 1.807) is 0 Å². The van der Waals surface area contributed by atoms with Crippen LogP contribution < -0.4 is 11.1 Å². The number of nitrogens with two attached hydrogens (primary N) is 1. The van der Waals surface area contributed by atoms with Crippen LogP contribution in [0.2, 0.25) is 0 Å². The number of amides is 1. The van der Waals surface area contributed by atoms with E-state index >= 15 is 0 Å². The number of hydrogen-bond acceptors (Lipinski definition) is 4. The summed E-state index contributed by atoms with van der Waals surface area (Å²) >= 11 is 1.50. The molecule has 1 aromatic rings. The average molecular weight is 251 g/mol. The maximum atomic E-state index is 12.0. The Balaban J connectivity index is 1.66. The highest BCUT2D eigenvalue weighted by Crippen LogP contribution is 2.41. The Morgan fingerprint density at radius 2 is 2.24 bits per heavy atom. The fourth-order valence-electron chi connectivity index (χ4n) is 2.01. The van der Waals surface area contributed by atoms with Gasteiger partial charge in [-0.05, 0) is 38.5 Å². The first-order valence-corrected chi connectivity index (χ1v) is 7.01. The first-order chi connectivity index (χ1) is 8.07. The van der Waals surface area contributed by atoms with E-state index in [1.807, 2.05) is 12.3 Å². The Hall–Kier alpha value is -0.940. The predicted molar refractivity (Wildman–Crippen MR) is 68.0 cm³/mol. The molecule has 2 aliphatic rings. The number of rotatable bonds is 4. The topological polar surface area (TPSA) is 68.0 Å². The molecule has 1 atom stereocenters. The summed E-state index contributed by atoms with van der Waals surface area (Å²) in [5, 5.41) is 5.58. The number of thiazole rings is 1. The number of nitrogens with one attached hydrogen (secondary N) is 1. The number of anilines is 1. The molecule has 2 fully saturated rings. The molecule has 0 aromatic carbocycles. The first kappa shape index (κ1) is 11.2. The summed E-state index contributed by atoms with van der Waals surface area (Å²) < 4.78 is 0. The molecule has 0 aliphatic heterocycles. The first-order valence-electron chi connectivity index (χ1n) is 6.13. The highest BCUT2D eigenvalue weighted by atomic mass is 32.1. The van der Waals surface area contributed by atoms with Gasteiger partial charge >= 0.3 is 0 Å². The lowest BCUT2D eigenvalue weighted by atomic mass is 9.96. The molecule has 17 heavy (non-hydrogen) atoms. The van der Waals surface area contributed by atoms with Crippen molar-refractivity contribution in [3.63, 3.8) is 0 Å². The largest absolute Gasteiger partial charge is 0.317 e. The fraction of sp³-hybridized carbons (Fsp3) is 0.667. The molecule has 3 rings (SSSR count). The lowest BCUT2D eigenvalue weighted by Gasteiger charge is -2.22. The highest BCUT2D eigenvalue weighted by molar-refractivity contribution is 7.14. The van der Waals surface area contributed by atoms with Gasteiger partial charge < -0.3 is 11.1 Å². The van der Waals surface area contributed by atoms with E-state index in [4.69, 9.17) is 5.73 Å². The van der Waals surface area contributed by atoms with E-state index in [0.717, 1.165) is 18.5 Å². The van der Waals surface area contributed by atoms with Gasteiger partial charge in [-0.15, -0.1) is 11.3 Å². The molecular formula is C12H17N3OS. The summed E-state index contributed by atoms with van der Waals surface area (Å²) in [6.45, 7) is 1.81. The summed E-state index contributed by atoms with van der Waals surface area (Å²) in [5.74, 6) is 0.867. The molecule has 3 N–H and O–H groups in total. The van der Waals surface area contributed by atoms with Gasteiger partial charge in [0, 0.05) is 11.3 Å². The zero-order valence-corrected chi connectivity index (χ0v) is 10.7. The van der Waals surface area contributed by atoms with Crippen molar-refractivity contribution in [1.29, 1.82) is 0 Å². The molecule has 0 saturated heterocycles. The minimum Gasteiger partial charge on any atom is -0.317 e. The second kappa shape index (κ2) is 3.78. The maximum Gasteiger partial charge on any atom is 0.246 e. The zero-order chi connectivity index (χ0) is 12.0. The second-order valence-electron chi connectivity index (χ2n) is 5.36. The van der Waals surface area contributed by atoms with Crippen molar-refractivity contribution in [3.05, 3.63) is 11.1 Å². The quantitative estimate of drug-likeness (QED) is 0.861. The molecule has 0 bridgehead atoms. The third-order valence-electron chi connectivity index (χ3n) is 3.65. The molecule has 5 heteroatoms. The summed E-state index contributed by atoms with van der Waals surface area (Å²) in [7, 11) is 0. The maximum absolute atomic E-state index is 12.0. The smallest absolute Gasteiger partial charge is 0.246 e. The highest BCUT2D eigenvalue weighted by Gasteiger charge is 2.44. The predicted octanol–water partition coefficient (Wildman–Crippen LogP) is 2.09. The van der Waals surface area contributed by atoms with E-state index < -0.39 is 5.54 Å². The molecule has 1 unspecified atom stereocenters. The minimum absolute atomic E-state index is 0.100. The Morgan fingerprint density at radius 3 is 2.82 bits per heavy atom. The van der Waals surface area contributed by atoms with Crippen LogP contribution in [-0.2, 0) is 4.79 Å². The van der Waals surface area contributed by atoms with Gasteiger partial charge in [0.25, 0.3) is 0 Å². The minimum atomic E-state index is -0.745. The summed E-state index contributed by atoms with van der Waals surface area (Å²) in [5.41, 5.74) is 6.43. The Kier molecular flexibility index (Phi) is 2.48. The second-order valence-corrected chi connectivity index (χ2v) is 6.22. The van der Waals surface area contributed by atoms with E-state index in [2.05, 4.69) is 10.3 Å². The summed E-state index contributed by atoms with van der Waals surface area (Å²) in [6, 6.07) is 0. The normalized spacial score (nSPS) is 23.2. The lowest BCUT2D eigenvalue weighted by Crippen LogP contribution is -2.50. The van der Waals surface area contributed by atoms with Crippen molar-refractivity contribution >= 4 is 22.4 Å². The number of carbonyl (C=O) groups is 1. The van der Waals surface area contributed by atoms with Crippen molar-refractivity contribution in [1.82, 2.24) is 4.98 Å². The van der Waals surface area contributed by atoms with Gasteiger partial charge in [0.15, 0.2) is 5.13 Å². The van der Waals surface area contributed by atoms with Crippen LogP contribution in [-0.4, -0.2) is 16.4 Å². The SMILES string of the molecule is CC(N)(C(=O)Nc1nc(C2CC2)cs1)C1CC1. The molecular weight excluding hydrogens is 234 g/mol. The molecule has 0 radical (unpaired) electrons. The lowest BCUT2D eigenvalue weighted by molar-refractivity contribution is -0.121. The van der Waals surface area contributed by atoms with Gasteiger partial charge in [-0.2, -0.15) is 0 Å². The van der Waals surface area contributed by atoms with Gasteiger partial charge in [0.1, 0.15) is 0 Å². The Morgan fingerprint density at radius 1 is 1.53 bits per heavy atom. The van der Waals surface area contributed by atoms with Gasteiger partial charge in [-0.25, -0.2) is 4.98 Å². The molecule has 92 valence electrons. The van der Waals surface area contributed by atoms with Crippen LogP contribution in [0.3, 0.4) is 0 Å². The van der Waals surface area contributed by atoms with Crippen LogP contribution in [0.25, 0.3) is 0 Å². The van der Waals surface area contributed by atoms with E-state index in [1.165, 1.54) is 24.2 Å². The van der Waals surface area contributed by atoms with Gasteiger partial charge in [-0.1, -0.05) is 0 Å². The van der Waals surface area contributed by atoms with E-state index in [9.17, 15) is 4.79 Å². The van der Waals surface area contributed by atoms with Crippen LogP contribution in [0.15, 0.2) is 5.38 Å². The average Bonchev–Trinajstić information content (AvgIpc) is 3.17. The third-order valence-corrected chi connectivity index (χ3v) is 4.43. The molecule has 4 nitrogen and oxygen atoms in total. The standard InChI is InChI=1S/C12H17N3OS/c1-12(13,8-4-5-8)10(16)15-11-14-9(6-17-11)7-2-3-7/h6-8H,2-5,13H2,1H3,(H,14,15,16). The third kappa shape index (κ3) is 2.21. The van der Waals surface area contributed by atoms with Crippen LogP contribution in [0.4, 0.5) is 5.13 Å². The van der Waals surface area contributed by atoms with Crippen molar-refractivity contribution in [2.45, 2.75) is 44.1 Å². The van der Waals surface area contributed by atoms with Crippen molar-refractivity contribution in [3.8, 4) is 0 Å². The Labute approximate surface area is 105 Å².